The Morgan fingerprint density at radius 2 is 0.582 bits per heavy atom. The van der Waals surface area contributed by atoms with E-state index >= 15 is 0 Å². The highest BCUT2D eigenvalue weighted by atomic mass is 28.3. The van der Waals surface area contributed by atoms with E-state index in [0.717, 1.165) is 34.0 Å². The van der Waals surface area contributed by atoms with Crippen LogP contribution in [0.15, 0.2) is 243 Å². The molecule has 0 spiro atoms. The zero-order valence-electron chi connectivity index (χ0n) is 37.3. The molecule has 0 radical (unpaired) electrons. The Morgan fingerprint density at radius 1 is 0.284 bits per heavy atom. The van der Waals surface area contributed by atoms with Gasteiger partial charge in [0.25, 0.3) is 0 Å². The van der Waals surface area contributed by atoms with E-state index in [1.54, 1.807) is 14.2 Å². The fourth-order valence-electron chi connectivity index (χ4n) is 10.5. The summed E-state index contributed by atoms with van der Waals surface area (Å²) in [5.41, 5.74) is 11.8. The van der Waals surface area contributed by atoms with Crippen molar-refractivity contribution in [2.45, 2.75) is 0 Å². The molecule has 67 heavy (non-hydrogen) atoms. The third-order valence-corrected chi connectivity index (χ3v) is 18.5. The number of nitrogens with zero attached hydrogens (tertiary/aromatic N) is 2. The monoisotopic (exact) mass is 878 g/mol. The van der Waals surface area contributed by atoms with Crippen molar-refractivity contribution in [1.82, 2.24) is 9.13 Å². The van der Waals surface area contributed by atoms with Gasteiger partial charge in [0.2, 0.25) is 0 Å². The zero-order chi connectivity index (χ0) is 44.9. The highest BCUT2D eigenvalue weighted by Gasteiger charge is 2.42. The van der Waals surface area contributed by atoms with Gasteiger partial charge in [-0.25, -0.2) is 0 Å². The molecule has 2 aromatic heterocycles. The van der Waals surface area contributed by atoms with Gasteiger partial charge in [-0.3, -0.25) is 0 Å². The summed E-state index contributed by atoms with van der Waals surface area (Å²) >= 11 is 0. The smallest absolute Gasteiger partial charge is 0.179 e. The molecule has 2 heterocycles. The largest absolute Gasteiger partial charge is 0.497 e. The molecular formula is C62H46N2O2Si. The summed E-state index contributed by atoms with van der Waals surface area (Å²) in [5.74, 6) is 1.66. The van der Waals surface area contributed by atoms with Crippen molar-refractivity contribution in [3.05, 3.63) is 243 Å². The predicted octanol–water partition coefficient (Wildman–Crippen LogP) is 12.6. The van der Waals surface area contributed by atoms with Crippen molar-refractivity contribution in [3.63, 3.8) is 0 Å². The summed E-state index contributed by atoms with van der Waals surface area (Å²) < 4.78 is 16.6. The molecule has 0 fully saturated rings. The number of para-hydroxylation sites is 4. The fraction of sp³-hybridized carbons (Fsp3) is 0.0323. The van der Waals surface area contributed by atoms with Gasteiger partial charge < -0.3 is 18.6 Å². The van der Waals surface area contributed by atoms with Gasteiger partial charge in [-0.1, -0.05) is 170 Å². The number of benzene rings is 10. The summed E-state index contributed by atoms with van der Waals surface area (Å²) in [5, 5.41) is 10.0. The van der Waals surface area contributed by atoms with Crippen molar-refractivity contribution in [2.75, 3.05) is 14.2 Å². The Morgan fingerprint density at radius 3 is 0.896 bits per heavy atom. The molecule has 0 amide bonds. The minimum absolute atomic E-state index is 0.831. The van der Waals surface area contributed by atoms with Gasteiger partial charge in [0.15, 0.2) is 8.07 Å². The Kier molecular flexibility index (Phi) is 9.92. The Bertz CT molecular complexity index is 3400. The molecule has 0 unspecified atom stereocenters. The number of hydrogen-bond acceptors (Lipinski definition) is 2. The lowest BCUT2D eigenvalue weighted by atomic mass is 10.1. The second kappa shape index (κ2) is 16.6. The number of hydrogen-bond donors (Lipinski definition) is 0. The van der Waals surface area contributed by atoms with Gasteiger partial charge in [0.1, 0.15) is 11.5 Å². The molecule has 0 N–H and O–H groups in total. The molecule has 0 bridgehead atoms. The molecule has 5 heteroatoms. The second-order valence-electron chi connectivity index (χ2n) is 17.2. The average Bonchev–Trinajstić information content (AvgIpc) is 3.93. The molecule has 0 atom stereocenters. The number of rotatable bonds is 10. The molecule has 12 aromatic rings. The van der Waals surface area contributed by atoms with Crippen molar-refractivity contribution in [3.8, 4) is 45.1 Å². The van der Waals surface area contributed by atoms with Gasteiger partial charge in [0.05, 0.1) is 36.3 Å². The summed E-state index contributed by atoms with van der Waals surface area (Å²) in [6.07, 6.45) is 0. The highest BCUT2D eigenvalue weighted by Crippen LogP contribution is 2.34. The minimum atomic E-state index is -3.00. The molecule has 10 aromatic carbocycles. The molecule has 4 nitrogen and oxygen atoms in total. The average molecular weight is 879 g/mol. The van der Waals surface area contributed by atoms with E-state index in [4.69, 9.17) is 9.47 Å². The van der Waals surface area contributed by atoms with E-state index in [9.17, 15) is 0 Å². The summed E-state index contributed by atoms with van der Waals surface area (Å²) in [6, 6.07) is 88.5. The summed E-state index contributed by atoms with van der Waals surface area (Å²) in [6.45, 7) is 0. The fourth-order valence-corrected chi connectivity index (χ4v) is 15.3. The van der Waals surface area contributed by atoms with Crippen LogP contribution in [0.2, 0.25) is 0 Å². The van der Waals surface area contributed by atoms with E-state index in [2.05, 4.69) is 240 Å². The van der Waals surface area contributed by atoms with Gasteiger partial charge in [-0.15, -0.1) is 0 Å². The van der Waals surface area contributed by atoms with Crippen molar-refractivity contribution >= 4 is 72.4 Å². The maximum Gasteiger partial charge on any atom is 0.179 e. The van der Waals surface area contributed by atoms with Crippen LogP contribution in [0.1, 0.15) is 0 Å². The van der Waals surface area contributed by atoms with E-state index in [1.807, 2.05) is 12.1 Å². The molecule has 0 aliphatic heterocycles. The topological polar surface area (TPSA) is 28.3 Å². The maximum atomic E-state index is 5.92. The van der Waals surface area contributed by atoms with Crippen LogP contribution in [0.5, 0.6) is 11.5 Å². The SMILES string of the molecule is COc1cccc([Si](c2ccc(-c3ccc(-n4c5ccccc5c5ccccc54)cc3)cc2)(c2ccc(-c3ccc(-n4c5ccccc5c5ccccc54)cc3)cc2)c2cccc(OC)c2)c1. The number of fused-ring (bicyclic) bond motifs is 6. The molecular weight excluding hydrogens is 833 g/mol. The second-order valence-corrected chi connectivity index (χ2v) is 21.0. The van der Waals surface area contributed by atoms with E-state index in [0.29, 0.717) is 0 Å². The van der Waals surface area contributed by atoms with Crippen molar-refractivity contribution < 1.29 is 9.47 Å². The quantitative estimate of drug-likeness (QED) is 0.101. The first-order valence-corrected chi connectivity index (χ1v) is 24.8. The first-order valence-electron chi connectivity index (χ1n) is 22.8. The van der Waals surface area contributed by atoms with Crippen molar-refractivity contribution in [1.29, 1.82) is 0 Å². The zero-order valence-corrected chi connectivity index (χ0v) is 38.3. The van der Waals surface area contributed by atoms with Gasteiger partial charge >= 0.3 is 0 Å². The Labute approximate surface area is 391 Å². The molecule has 0 aliphatic rings. The van der Waals surface area contributed by atoms with Crippen molar-refractivity contribution in [2.24, 2.45) is 0 Å². The first kappa shape index (κ1) is 40.2. The summed E-state index contributed by atoms with van der Waals surface area (Å²) in [7, 11) is 0.488. The van der Waals surface area contributed by atoms with Crippen LogP contribution in [0.25, 0.3) is 77.2 Å². The van der Waals surface area contributed by atoms with Crippen LogP contribution in [-0.2, 0) is 0 Å². The third kappa shape index (κ3) is 6.66. The number of aromatic nitrogens is 2. The lowest BCUT2D eigenvalue weighted by Crippen LogP contribution is -2.74. The van der Waals surface area contributed by atoms with Crippen LogP contribution in [0, 0.1) is 0 Å². The van der Waals surface area contributed by atoms with Gasteiger partial charge in [0, 0.05) is 32.9 Å². The summed E-state index contributed by atoms with van der Waals surface area (Å²) in [4.78, 5) is 0. The predicted molar refractivity (Wildman–Crippen MR) is 283 cm³/mol. The molecule has 320 valence electrons. The standard InChI is InChI=1S/C62H46N2O2Si/c1-65-49-13-11-15-53(41-49)67(54-16-12-14-50(42-54)66-2,51-37-29-45(30-38-51)43-25-33-47(34-26-43)63-59-21-7-3-17-55(59)56-18-4-8-22-60(56)63)52-39-31-46(32-40-52)44-27-35-48(36-28-44)64-61-23-9-5-19-57(61)58-20-6-10-24-62(58)64/h3-42H,1-2H3. The van der Waals surface area contributed by atoms with E-state index < -0.39 is 8.07 Å². The van der Waals surface area contributed by atoms with Crippen LogP contribution in [0.4, 0.5) is 0 Å². The first-order chi connectivity index (χ1) is 33.1. The number of ether oxygens (including phenoxy) is 2. The highest BCUT2D eigenvalue weighted by molar-refractivity contribution is 7.20. The molecule has 0 saturated heterocycles. The normalized spacial score (nSPS) is 11.7. The maximum absolute atomic E-state index is 5.92. The van der Waals surface area contributed by atoms with Gasteiger partial charge in [-0.2, -0.15) is 0 Å². The number of methoxy groups -OCH3 is 2. The van der Waals surface area contributed by atoms with Crippen LogP contribution in [-0.4, -0.2) is 31.4 Å². The van der Waals surface area contributed by atoms with E-state index in [-0.39, 0.29) is 0 Å². The Hall–Kier alpha value is -8.38. The Balaban J connectivity index is 0.949. The van der Waals surface area contributed by atoms with E-state index in [1.165, 1.54) is 75.5 Å². The third-order valence-electron chi connectivity index (χ3n) is 13.7. The molecule has 0 aliphatic carbocycles. The molecule has 0 saturated carbocycles. The van der Waals surface area contributed by atoms with Crippen LogP contribution in [0.3, 0.4) is 0 Å². The van der Waals surface area contributed by atoms with Crippen LogP contribution < -0.4 is 30.2 Å². The minimum Gasteiger partial charge on any atom is -0.497 e. The lowest BCUT2D eigenvalue weighted by molar-refractivity contribution is 0.415. The molecule has 12 rings (SSSR count). The lowest BCUT2D eigenvalue weighted by Gasteiger charge is -2.35. The van der Waals surface area contributed by atoms with Gasteiger partial charge in [-0.05, 0) is 116 Å². The van der Waals surface area contributed by atoms with Crippen LogP contribution >= 0.6 is 0 Å².